The van der Waals surface area contributed by atoms with Crippen LogP contribution in [0.3, 0.4) is 0 Å². The first-order valence-corrected chi connectivity index (χ1v) is 7.48. The number of hydrogen-bond acceptors (Lipinski definition) is 5. The van der Waals surface area contributed by atoms with Crippen molar-refractivity contribution in [3.63, 3.8) is 0 Å². The number of rotatable bonds is 4. The Labute approximate surface area is 138 Å². The van der Waals surface area contributed by atoms with E-state index in [0.717, 1.165) is 5.56 Å². The van der Waals surface area contributed by atoms with Gasteiger partial charge in [0.25, 0.3) is 5.91 Å². The third-order valence-electron chi connectivity index (χ3n) is 3.58. The van der Waals surface area contributed by atoms with Crippen LogP contribution in [0.1, 0.15) is 24.7 Å². The van der Waals surface area contributed by atoms with E-state index in [0.29, 0.717) is 23.0 Å². The normalized spacial score (nSPS) is 20.0. The van der Waals surface area contributed by atoms with Crippen LogP contribution in [-0.2, 0) is 23.2 Å². The first kappa shape index (κ1) is 15.5. The van der Waals surface area contributed by atoms with Crippen LogP contribution in [-0.4, -0.2) is 32.0 Å². The van der Waals surface area contributed by atoms with Gasteiger partial charge < -0.3 is 10.2 Å². The maximum Gasteiger partial charge on any atom is 0.267 e. The molecule has 1 amide bonds. The average molecular weight is 334 g/mol. The van der Waals surface area contributed by atoms with Crippen molar-refractivity contribution in [2.45, 2.75) is 25.5 Å². The number of benzene rings is 1. The van der Waals surface area contributed by atoms with Gasteiger partial charge in [-0.3, -0.25) is 9.48 Å². The van der Waals surface area contributed by atoms with Crippen molar-refractivity contribution in [3.8, 4) is 0 Å². The second kappa shape index (κ2) is 6.00. The summed E-state index contributed by atoms with van der Waals surface area (Å²) in [5.74, 6) is 0.269. The van der Waals surface area contributed by atoms with Gasteiger partial charge in [-0.05, 0) is 13.0 Å². The third kappa shape index (κ3) is 3.19. The van der Waals surface area contributed by atoms with Gasteiger partial charge in [-0.2, -0.15) is 5.10 Å². The molecule has 2 aromatic rings. The van der Waals surface area contributed by atoms with E-state index in [9.17, 15) is 4.79 Å². The number of nitrogens with zero attached hydrogens (tertiary/aromatic N) is 4. The number of carbonyl (C=O) groups excluding carboxylic acids is 1. The maximum absolute atomic E-state index is 12.4. The molecule has 0 spiro atoms. The van der Waals surface area contributed by atoms with E-state index in [1.165, 1.54) is 0 Å². The molecule has 1 N–H and O–H groups in total. The molecular formula is C15H16ClN5O2. The molecule has 1 atom stereocenters. The van der Waals surface area contributed by atoms with Crippen LogP contribution in [0.4, 0.5) is 0 Å². The third-order valence-corrected chi connectivity index (χ3v) is 3.91. The van der Waals surface area contributed by atoms with Crippen molar-refractivity contribution in [2.24, 2.45) is 12.2 Å². The van der Waals surface area contributed by atoms with Crippen LogP contribution in [0.2, 0.25) is 5.02 Å². The molecule has 120 valence electrons. The Kier molecular flexibility index (Phi) is 4.04. The number of aryl methyl sites for hydroxylation is 1. The van der Waals surface area contributed by atoms with Gasteiger partial charge in [0.15, 0.2) is 5.82 Å². The summed E-state index contributed by atoms with van der Waals surface area (Å²) in [6.07, 6.45) is 1.92. The molecule has 1 aromatic carbocycles. The fraction of sp³-hybridized carbons (Fsp3) is 0.333. The van der Waals surface area contributed by atoms with Gasteiger partial charge in [-0.1, -0.05) is 35.0 Å². The van der Waals surface area contributed by atoms with Crippen molar-refractivity contribution in [1.82, 2.24) is 20.1 Å². The van der Waals surface area contributed by atoms with Crippen molar-refractivity contribution in [3.05, 3.63) is 47.0 Å². The second-order valence-corrected chi connectivity index (χ2v) is 5.94. The molecule has 0 fully saturated rings. The number of aromatic nitrogens is 3. The molecular weight excluding hydrogens is 318 g/mol. The minimum absolute atomic E-state index is 0.236. The number of hydrogen-bond donors (Lipinski definition) is 1. The monoisotopic (exact) mass is 333 g/mol. The molecule has 0 aliphatic carbocycles. The molecule has 0 saturated carbocycles. The number of amides is 1. The van der Waals surface area contributed by atoms with Gasteiger partial charge in [0.2, 0.25) is 5.60 Å². The van der Waals surface area contributed by atoms with Crippen LogP contribution in [0.25, 0.3) is 0 Å². The lowest BCUT2D eigenvalue weighted by molar-refractivity contribution is -0.141. The van der Waals surface area contributed by atoms with E-state index in [2.05, 4.69) is 20.6 Å². The summed E-state index contributed by atoms with van der Waals surface area (Å²) >= 11 is 6.16. The molecule has 1 aliphatic heterocycles. The molecule has 8 heteroatoms. The highest BCUT2D eigenvalue weighted by molar-refractivity contribution is 6.34. The number of nitrogens with one attached hydrogen (secondary N) is 1. The van der Waals surface area contributed by atoms with Crippen molar-refractivity contribution in [1.29, 1.82) is 0 Å². The molecule has 1 aromatic heterocycles. The first-order chi connectivity index (χ1) is 11.0. The molecule has 7 nitrogen and oxygen atoms in total. The van der Waals surface area contributed by atoms with Gasteiger partial charge in [-0.25, -0.2) is 4.98 Å². The minimum atomic E-state index is -1.07. The lowest BCUT2D eigenvalue weighted by Gasteiger charge is -2.19. The summed E-state index contributed by atoms with van der Waals surface area (Å²) in [4.78, 5) is 21.9. The zero-order chi connectivity index (χ0) is 16.4. The van der Waals surface area contributed by atoms with Crippen molar-refractivity contribution >= 4 is 23.2 Å². The molecule has 1 aliphatic rings. The fourth-order valence-electron chi connectivity index (χ4n) is 2.31. The van der Waals surface area contributed by atoms with Crippen molar-refractivity contribution < 1.29 is 9.63 Å². The van der Waals surface area contributed by atoms with Crippen LogP contribution >= 0.6 is 11.6 Å². The Morgan fingerprint density at radius 2 is 2.26 bits per heavy atom. The quantitative estimate of drug-likeness (QED) is 0.922. The van der Waals surface area contributed by atoms with Gasteiger partial charge in [0.05, 0.1) is 12.3 Å². The summed E-state index contributed by atoms with van der Waals surface area (Å²) < 4.78 is 1.58. The molecule has 2 heterocycles. The summed E-state index contributed by atoms with van der Waals surface area (Å²) in [6.45, 7) is 1.93. The Hall–Kier alpha value is -2.41. The summed E-state index contributed by atoms with van der Waals surface area (Å²) in [5.41, 5.74) is 0.366. The lowest BCUT2D eigenvalue weighted by atomic mass is 9.95. The Morgan fingerprint density at radius 3 is 2.96 bits per heavy atom. The highest BCUT2D eigenvalue weighted by Gasteiger charge is 2.42. The number of halogens is 1. The zero-order valence-electron chi connectivity index (χ0n) is 12.8. The minimum Gasteiger partial charge on any atom is -0.379 e. The first-order valence-electron chi connectivity index (χ1n) is 7.11. The van der Waals surface area contributed by atoms with Gasteiger partial charge in [0.1, 0.15) is 6.33 Å². The standard InChI is InChI=1S/C15H16ClN5O2/c1-15(14(22)17-8-13-18-9-21(2)19-13)7-12(20-23-15)10-5-3-4-6-11(10)16/h3-6,9H,7-8H2,1-2H3,(H,17,22). The molecule has 23 heavy (non-hydrogen) atoms. The van der Waals surface area contributed by atoms with E-state index in [1.54, 1.807) is 31.0 Å². The van der Waals surface area contributed by atoms with Gasteiger partial charge >= 0.3 is 0 Å². The predicted molar refractivity (Wildman–Crippen MR) is 84.9 cm³/mol. The Balaban J connectivity index is 1.65. The van der Waals surface area contributed by atoms with Gasteiger partial charge in [-0.15, -0.1) is 0 Å². The smallest absolute Gasteiger partial charge is 0.267 e. The molecule has 0 radical (unpaired) electrons. The average Bonchev–Trinajstić information content (AvgIpc) is 3.12. The van der Waals surface area contributed by atoms with E-state index < -0.39 is 5.60 Å². The van der Waals surface area contributed by atoms with Crippen LogP contribution in [0.15, 0.2) is 35.7 Å². The van der Waals surface area contributed by atoms with E-state index in [-0.39, 0.29) is 12.5 Å². The van der Waals surface area contributed by atoms with E-state index in [4.69, 9.17) is 16.4 Å². The SMILES string of the molecule is Cn1cnc(CNC(=O)C2(C)CC(c3ccccc3Cl)=NO2)n1. The number of carbonyl (C=O) groups is 1. The second-order valence-electron chi connectivity index (χ2n) is 5.53. The molecule has 0 saturated heterocycles. The highest BCUT2D eigenvalue weighted by atomic mass is 35.5. The number of oxime groups is 1. The lowest BCUT2D eigenvalue weighted by Crippen LogP contribution is -2.44. The van der Waals surface area contributed by atoms with Gasteiger partial charge in [0, 0.05) is 24.1 Å². The zero-order valence-corrected chi connectivity index (χ0v) is 13.5. The van der Waals surface area contributed by atoms with Crippen LogP contribution in [0, 0.1) is 0 Å². The summed E-state index contributed by atoms with van der Waals surface area (Å²) in [7, 11) is 1.77. The fourth-order valence-corrected chi connectivity index (χ4v) is 2.56. The Morgan fingerprint density at radius 1 is 1.48 bits per heavy atom. The van der Waals surface area contributed by atoms with E-state index in [1.807, 2.05) is 18.2 Å². The predicted octanol–water partition coefficient (Wildman–Crippen LogP) is 1.67. The molecule has 3 rings (SSSR count). The maximum atomic E-state index is 12.4. The van der Waals surface area contributed by atoms with E-state index >= 15 is 0 Å². The summed E-state index contributed by atoms with van der Waals surface area (Å²) in [6, 6.07) is 7.34. The summed E-state index contributed by atoms with van der Waals surface area (Å²) in [5, 5.41) is 11.5. The molecule has 0 bridgehead atoms. The molecule has 1 unspecified atom stereocenters. The largest absolute Gasteiger partial charge is 0.379 e. The van der Waals surface area contributed by atoms with Crippen molar-refractivity contribution in [2.75, 3.05) is 0 Å². The Bertz CT molecular complexity index is 773. The highest BCUT2D eigenvalue weighted by Crippen LogP contribution is 2.29. The van der Waals surface area contributed by atoms with Crippen LogP contribution in [0.5, 0.6) is 0 Å². The van der Waals surface area contributed by atoms with Crippen LogP contribution < -0.4 is 5.32 Å². The topological polar surface area (TPSA) is 81.4 Å².